The third-order valence-corrected chi connectivity index (χ3v) is 4.19. The summed E-state index contributed by atoms with van der Waals surface area (Å²) < 4.78 is 5.66. The van der Waals surface area contributed by atoms with E-state index >= 15 is 0 Å². The number of hydrazone groups is 1. The summed E-state index contributed by atoms with van der Waals surface area (Å²) in [6.07, 6.45) is 0.703. The first-order valence-electron chi connectivity index (χ1n) is 9.01. The molecule has 0 aliphatic heterocycles. The number of ether oxygens (including phenoxy) is 1. The van der Waals surface area contributed by atoms with Gasteiger partial charge in [0.2, 0.25) is 0 Å². The molecule has 0 heterocycles. The molecule has 3 rings (SSSR count). The quantitative estimate of drug-likeness (QED) is 0.474. The van der Waals surface area contributed by atoms with Gasteiger partial charge in [-0.1, -0.05) is 54.6 Å². The lowest BCUT2D eigenvalue weighted by Gasteiger charge is -2.13. The van der Waals surface area contributed by atoms with Crippen molar-refractivity contribution in [1.29, 1.82) is 0 Å². The molecule has 0 bridgehead atoms. The molecule has 6 nitrogen and oxygen atoms in total. The third kappa shape index (κ3) is 5.52. The number of rotatable bonds is 7. The summed E-state index contributed by atoms with van der Waals surface area (Å²) in [6, 6.07) is 23.6. The predicted octanol–water partition coefficient (Wildman–Crippen LogP) is 3.97. The number of aromatic carboxylic acids is 1. The van der Waals surface area contributed by atoms with Crippen molar-refractivity contribution >= 4 is 18.1 Å². The van der Waals surface area contributed by atoms with Gasteiger partial charge in [0.25, 0.3) is 5.91 Å². The highest BCUT2D eigenvalue weighted by atomic mass is 16.5. The molecule has 1 amide bonds. The Balaban J connectivity index is 1.53. The second-order valence-corrected chi connectivity index (χ2v) is 6.31. The van der Waals surface area contributed by atoms with Crippen molar-refractivity contribution < 1.29 is 19.4 Å². The van der Waals surface area contributed by atoms with Gasteiger partial charge in [0.15, 0.2) is 6.10 Å². The Morgan fingerprint density at radius 3 is 2.17 bits per heavy atom. The Morgan fingerprint density at radius 2 is 1.55 bits per heavy atom. The number of hydrogen-bond acceptors (Lipinski definition) is 4. The zero-order valence-electron chi connectivity index (χ0n) is 15.8. The highest BCUT2D eigenvalue weighted by Gasteiger charge is 2.14. The van der Waals surface area contributed by atoms with Crippen molar-refractivity contribution in [1.82, 2.24) is 5.43 Å². The third-order valence-electron chi connectivity index (χ3n) is 4.19. The van der Waals surface area contributed by atoms with Crippen molar-refractivity contribution in [2.24, 2.45) is 5.10 Å². The van der Waals surface area contributed by atoms with Crippen LogP contribution < -0.4 is 10.2 Å². The van der Waals surface area contributed by atoms with Crippen LogP contribution >= 0.6 is 0 Å². The Hall–Kier alpha value is -3.93. The summed E-state index contributed by atoms with van der Waals surface area (Å²) in [5.74, 6) is -0.805. The molecular formula is C23H20N2O4. The minimum absolute atomic E-state index is 0.187. The molecule has 0 saturated heterocycles. The van der Waals surface area contributed by atoms with Crippen LogP contribution in [-0.2, 0) is 4.79 Å². The van der Waals surface area contributed by atoms with Crippen molar-refractivity contribution in [3.05, 3.63) is 90.0 Å². The van der Waals surface area contributed by atoms with E-state index in [2.05, 4.69) is 10.5 Å². The van der Waals surface area contributed by atoms with Gasteiger partial charge in [-0.3, -0.25) is 4.79 Å². The predicted molar refractivity (Wildman–Crippen MR) is 111 cm³/mol. The van der Waals surface area contributed by atoms with Gasteiger partial charge in [-0.25, -0.2) is 10.2 Å². The normalized spacial score (nSPS) is 11.8. The van der Waals surface area contributed by atoms with Gasteiger partial charge >= 0.3 is 5.97 Å². The summed E-state index contributed by atoms with van der Waals surface area (Å²) in [7, 11) is 0. The molecule has 0 fully saturated rings. The van der Waals surface area contributed by atoms with E-state index in [4.69, 9.17) is 9.84 Å². The Kier molecular flexibility index (Phi) is 6.37. The van der Waals surface area contributed by atoms with Gasteiger partial charge in [0.05, 0.1) is 11.8 Å². The van der Waals surface area contributed by atoms with Crippen LogP contribution in [0.4, 0.5) is 0 Å². The first-order chi connectivity index (χ1) is 14.0. The molecule has 0 aliphatic rings. The first-order valence-corrected chi connectivity index (χ1v) is 9.01. The smallest absolute Gasteiger partial charge is 0.335 e. The van der Waals surface area contributed by atoms with Crippen LogP contribution in [0.2, 0.25) is 0 Å². The minimum atomic E-state index is -0.996. The van der Waals surface area contributed by atoms with Crippen LogP contribution in [0.1, 0.15) is 22.8 Å². The van der Waals surface area contributed by atoms with Crippen LogP contribution in [0.5, 0.6) is 5.75 Å². The maximum Gasteiger partial charge on any atom is 0.335 e. The van der Waals surface area contributed by atoms with Crippen molar-refractivity contribution in [3.63, 3.8) is 0 Å². The number of carbonyl (C=O) groups is 2. The van der Waals surface area contributed by atoms with E-state index in [-0.39, 0.29) is 5.56 Å². The summed E-state index contributed by atoms with van der Waals surface area (Å²) in [4.78, 5) is 23.0. The van der Waals surface area contributed by atoms with Gasteiger partial charge in [-0.05, 0) is 47.9 Å². The number of benzene rings is 3. The number of carboxylic acids is 1. The van der Waals surface area contributed by atoms with Gasteiger partial charge in [-0.15, -0.1) is 0 Å². The van der Waals surface area contributed by atoms with Crippen LogP contribution in [0.25, 0.3) is 11.1 Å². The second-order valence-electron chi connectivity index (χ2n) is 6.31. The molecule has 0 spiro atoms. The van der Waals surface area contributed by atoms with E-state index in [1.807, 2.05) is 54.6 Å². The molecule has 0 aliphatic carbocycles. The fourth-order valence-corrected chi connectivity index (χ4v) is 2.59. The van der Waals surface area contributed by atoms with E-state index in [0.717, 1.165) is 11.1 Å². The maximum atomic E-state index is 12.1. The summed E-state index contributed by atoms with van der Waals surface area (Å²) in [5, 5.41) is 12.8. The number of carbonyl (C=O) groups excluding carboxylic acids is 1. The SMILES string of the molecule is CC(Oc1ccc(-c2ccccc2)cc1)C(=O)N/N=C/c1ccc(C(=O)O)cc1. The molecule has 1 atom stereocenters. The van der Waals surface area contributed by atoms with Gasteiger partial charge in [-0.2, -0.15) is 5.10 Å². The lowest BCUT2D eigenvalue weighted by atomic mass is 10.1. The van der Waals surface area contributed by atoms with Crippen molar-refractivity contribution in [2.45, 2.75) is 13.0 Å². The average Bonchev–Trinajstić information content (AvgIpc) is 2.75. The highest BCUT2D eigenvalue weighted by Crippen LogP contribution is 2.22. The molecule has 29 heavy (non-hydrogen) atoms. The molecule has 0 aromatic heterocycles. The van der Waals surface area contributed by atoms with Crippen LogP contribution in [0.3, 0.4) is 0 Å². The molecule has 1 unspecified atom stereocenters. The van der Waals surface area contributed by atoms with E-state index in [0.29, 0.717) is 11.3 Å². The van der Waals surface area contributed by atoms with Gasteiger partial charge < -0.3 is 9.84 Å². The molecule has 0 saturated carbocycles. The summed E-state index contributed by atoms with van der Waals surface area (Å²) in [6.45, 7) is 1.64. The zero-order chi connectivity index (χ0) is 20.6. The molecule has 3 aromatic carbocycles. The number of carboxylic acid groups (broad SMARTS) is 1. The van der Waals surface area contributed by atoms with Crippen LogP contribution in [0, 0.1) is 0 Å². The largest absolute Gasteiger partial charge is 0.481 e. The fourth-order valence-electron chi connectivity index (χ4n) is 2.59. The number of amides is 1. The van der Waals surface area contributed by atoms with E-state index < -0.39 is 18.0 Å². The van der Waals surface area contributed by atoms with Gasteiger partial charge in [0.1, 0.15) is 5.75 Å². The molecule has 2 N–H and O–H groups in total. The van der Waals surface area contributed by atoms with Gasteiger partial charge in [0, 0.05) is 0 Å². The standard InChI is InChI=1S/C23H20N2O4/c1-16(22(26)25-24-15-17-7-9-20(10-8-17)23(27)28)29-21-13-11-19(12-14-21)18-5-3-2-4-6-18/h2-16H,1H3,(H,25,26)(H,27,28)/b24-15+. The van der Waals surface area contributed by atoms with Crippen molar-refractivity contribution in [3.8, 4) is 16.9 Å². The van der Waals surface area contributed by atoms with E-state index in [1.165, 1.54) is 18.3 Å². The fraction of sp³-hybridized carbons (Fsp3) is 0.0870. The number of nitrogens with one attached hydrogen (secondary N) is 1. The Labute approximate surface area is 168 Å². The van der Waals surface area contributed by atoms with Crippen LogP contribution in [-0.4, -0.2) is 29.3 Å². The molecule has 3 aromatic rings. The van der Waals surface area contributed by atoms with E-state index in [1.54, 1.807) is 19.1 Å². The van der Waals surface area contributed by atoms with Crippen LogP contribution in [0.15, 0.2) is 84.0 Å². The number of hydrogen-bond donors (Lipinski definition) is 2. The number of nitrogens with zero attached hydrogens (tertiary/aromatic N) is 1. The minimum Gasteiger partial charge on any atom is -0.481 e. The Bertz CT molecular complexity index is 997. The lowest BCUT2D eigenvalue weighted by molar-refractivity contribution is -0.127. The topological polar surface area (TPSA) is 88.0 Å². The van der Waals surface area contributed by atoms with E-state index in [9.17, 15) is 9.59 Å². The zero-order valence-corrected chi connectivity index (χ0v) is 15.8. The lowest BCUT2D eigenvalue weighted by Crippen LogP contribution is -2.33. The molecule has 6 heteroatoms. The summed E-state index contributed by atoms with van der Waals surface area (Å²) >= 11 is 0. The van der Waals surface area contributed by atoms with Crippen molar-refractivity contribution in [2.75, 3.05) is 0 Å². The molecular weight excluding hydrogens is 368 g/mol. The molecule has 146 valence electrons. The second kappa shape index (κ2) is 9.32. The average molecular weight is 388 g/mol. The Morgan fingerprint density at radius 1 is 0.931 bits per heavy atom. The summed E-state index contributed by atoms with van der Waals surface area (Å²) in [5.41, 5.74) is 5.44. The monoisotopic (exact) mass is 388 g/mol. The maximum absolute atomic E-state index is 12.1. The molecule has 0 radical (unpaired) electrons. The first kappa shape index (κ1) is 19.8. The highest BCUT2D eigenvalue weighted by molar-refractivity contribution is 5.89.